The molecule has 37 heavy (non-hydrogen) atoms. The Hall–Kier alpha value is -4.86. The lowest BCUT2D eigenvalue weighted by Gasteiger charge is -2.07. The van der Waals surface area contributed by atoms with Gasteiger partial charge in [-0.2, -0.15) is 5.10 Å². The van der Waals surface area contributed by atoms with Crippen LogP contribution in [-0.2, 0) is 4.79 Å². The van der Waals surface area contributed by atoms with Crippen molar-refractivity contribution in [2.75, 3.05) is 5.32 Å². The summed E-state index contributed by atoms with van der Waals surface area (Å²) in [5.74, 6) is -0.0140. The fraction of sp³-hybridized carbons (Fsp3) is 0.185. The van der Waals surface area contributed by atoms with Crippen LogP contribution in [0.5, 0.6) is 0 Å². The maximum Gasteiger partial charge on any atom is 0.224 e. The number of pyridine rings is 3. The number of anilines is 1. The molecule has 10 heteroatoms. The average molecular weight is 492 g/mol. The summed E-state index contributed by atoms with van der Waals surface area (Å²) in [5.41, 5.74) is 8.03. The third kappa shape index (κ3) is 4.33. The van der Waals surface area contributed by atoms with E-state index >= 15 is 0 Å². The van der Waals surface area contributed by atoms with Crippen molar-refractivity contribution in [3.63, 3.8) is 0 Å². The van der Waals surface area contributed by atoms with Crippen molar-refractivity contribution in [3.8, 4) is 28.3 Å². The zero-order chi connectivity index (χ0) is 25.4. The summed E-state index contributed by atoms with van der Waals surface area (Å²) in [7, 11) is 0. The Morgan fingerprint density at radius 1 is 1.08 bits per heavy atom. The Kier molecular flexibility index (Phi) is 5.68. The molecular formula is C27H25N9O. The number of hydrogen-bond donors (Lipinski definition) is 3. The molecule has 0 fully saturated rings. The minimum Gasteiger partial charge on any atom is -0.352 e. The van der Waals surface area contributed by atoms with Crippen molar-refractivity contribution in [1.82, 2.24) is 39.7 Å². The van der Waals surface area contributed by atoms with Crippen LogP contribution in [0, 0.1) is 6.92 Å². The van der Waals surface area contributed by atoms with Gasteiger partial charge in [-0.3, -0.25) is 19.9 Å². The Morgan fingerprint density at radius 3 is 2.81 bits per heavy atom. The van der Waals surface area contributed by atoms with E-state index in [9.17, 15) is 4.79 Å². The zero-order valence-corrected chi connectivity index (χ0v) is 20.5. The number of aryl methyl sites for hydroxylation is 1. The minimum absolute atomic E-state index is 0.0140. The first kappa shape index (κ1) is 22.6. The molecule has 1 amide bonds. The van der Waals surface area contributed by atoms with Crippen LogP contribution in [0.4, 0.5) is 5.69 Å². The van der Waals surface area contributed by atoms with Gasteiger partial charge >= 0.3 is 0 Å². The van der Waals surface area contributed by atoms with Crippen LogP contribution in [0.15, 0.2) is 61.6 Å². The topological polar surface area (TPSA) is 130 Å². The molecule has 0 radical (unpaired) electrons. The van der Waals surface area contributed by atoms with E-state index in [0.29, 0.717) is 17.8 Å². The molecule has 6 rings (SSSR count). The number of amides is 1. The second kappa shape index (κ2) is 9.30. The van der Waals surface area contributed by atoms with Gasteiger partial charge in [0.15, 0.2) is 0 Å². The van der Waals surface area contributed by atoms with Gasteiger partial charge in [0.05, 0.1) is 64.4 Å². The predicted molar refractivity (Wildman–Crippen MR) is 142 cm³/mol. The number of carbonyl (C=O) groups is 1. The van der Waals surface area contributed by atoms with Crippen molar-refractivity contribution >= 4 is 33.5 Å². The maximum absolute atomic E-state index is 12.2. The van der Waals surface area contributed by atoms with Crippen LogP contribution in [0.3, 0.4) is 0 Å². The van der Waals surface area contributed by atoms with E-state index in [-0.39, 0.29) is 5.91 Å². The summed E-state index contributed by atoms with van der Waals surface area (Å²) >= 11 is 0. The van der Waals surface area contributed by atoms with Gasteiger partial charge in [-0.05, 0) is 37.6 Å². The molecule has 6 aromatic rings. The number of unbranched alkanes of at least 4 members (excludes halogenated alkanes) is 1. The quantitative estimate of drug-likeness (QED) is 0.282. The van der Waals surface area contributed by atoms with E-state index in [1.165, 1.54) is 0 Å². The largest absolute Gasteiger partial charge is 0.352 e. The molecule has 6 aromatic heterocycles. The van der Waals surface area contributed by atoms with Crippen molar-refractivity contribution in [1.29, 1.82) is 0 Å². The van der Waals surface area contributed by atoms with Crippen molar-refractivity contribution in [3.05, 3.63) is 67.3 Å². The van der Waals surface area contributed by atoms with E-state index < -0.39 is 0 Å². The maximum atomic E-state index is 12.2. The van der Waals surface area contributed by atoms with Gasteiger partial charge in [-0.15, -0.1) is 0 Å². The number of H-pyrrole nitrogens is 2. The van der Waals surface area contributed by atoms with E-state index in [1.54, 1.807) is 24.9 Å². The fourth-order valence-corrected chi connectivity index (χ4v) is 4.38. The van der Waals surface area contributed by atoms with E-state index in [0.717, 1.165) is 63.1 Å². The Balaban J connectivity index is 1.37. The molecule has 0 saturated carbocycles. The van der Waals surface area contributed by atoms with Crippen molar-refractivity contribution < 1.29 is 4.79 Å². The first-order valence-electron chi connectivity index (χ1n) is 12.2. The van der Waals surface area contributed by atoms with E-state index in [1.807, 2.05) is 42.1 Å². The Morgan fingerprint density at radius 2 is 1.97 bits per heavy atom. The molecule has 3 N–H and O–H groups in total. The molecule has 10 nitrogen and oxygen atoms in total. The second-order valence-corrected chi connectivity index (χ2v) is 9.00. The van der Waals surface area contributed by atoms with Crippen LogP contribution in [0.25, 0.3) is 50.3 Å². The van der Waals surface area contributed by atoms with Gasteiger partial charge in [-0.1, -0.05) is 13.3 Å². The highest BCUT2D eigenvalue weighted by Crippen LogP contribution is 2.31. The standard InChI is InChI=1S/C27H25N9O/c1-3-4-5-25(37)31-18-8-17(10-28-11-18)20-6-7-21-26(33-20)27(35-34-21)22-9-19-23(32-22)12-29-13-24(19)36-14-16(2)30-15-36/h6-15,32H,3-5H2,1-2H3,(H,31,37)(H,34,35). The van der Waals surface area contributed by atoms with E-state index in [2.05, 4.69) is 48.4 Å². The molecule has 0 bridgehead atoms. The number of hydrogen-bond acceptors (Lipinski definition) is 6. The van der Waals surface area contributed by atoms with Crippen LogP contribution < -0.4 is 5.32 Å². The molecule has 184 valence electrons. The van der Waals surface area contributed by atoms with Gasteiger partial charge in [0.2, 0.25) is 5.91 Å². The number of aromatic nitrogens is 8. The van der Waals surface area contributed by atoms with Crippen molar-refractivity contribution in [2.24, 2.45) is 0 Å². The summed E-state index contributed by atoms with van der Waals surface area (Å²) in [6.07, 6.45) is 13.1. The summed E-state index contributed by atoms with van der Waals surface area (Å²) in [6.45, 7) is 4.02. The average Bonchev–Trinajstić information content (AvgIpc) is 3.64. The van der Waals surface area contributed by atoms with Gasteiger partial charge in [-0.25, -0.2) is 9.97 Å². The molecule has 0 spiro atoms. The zero-order valence-electron chi connectivity index (χ0n) is 20.5. The third-order valence-corrected chi connectivity index (χ3v) is 6.25. The number of imidazole rings is 1. The lowest BCUT2D eigenvalue weighted by Crippen LogP contribution is -2.11. The molecule has 0 aliphatic rings. The van der Waals surface area contributed by atoms with Gasteiger partial charge in [0.25, 0.3) is 0 Å². The number of carbonyl (C=O) groups excluding carboxylic acids is 1. The molecule has 0 saturated heterocycles. The molecule has 0 atom stereocenters. The second-order valence-electron chi connectivity index (χ2n) is 9.00. The minimum atomic E-state index is -0.0140. The highest BCUT2D eigenvalue weighted by molar-refractivity contribution is 5.97. The highest BCUT2D eigenvalue weighted by atomic mass is 16.1. The smallest absolute Gasteiger partial charge is 0.224 e. The lowest BCUT2D eigenvalue weighted by atomic mass is 10.1. The normalized spacial score (nSPS) is 11.4. The summed E-state index contributed by atoms with van der Waals surface area (Å²) < 4.78 is 1.96. The Bertz CT molecular complexity index is 1740. The molecular weight excluding hydrogens is 466 g/mol. The molecule has 0 unspecified atom stereocenters. The van der Waals surface area contributed by atoms with Crippen molar-refractivity contribution in [2.45, 2.75) is 33.1 Å². The summed E-state index contributed by atoms with van der Waals surface area (Å²) in [4.78, 5) is 33.6. The van der Waals surface area contributed by atoms with Crippen LogP contribution in [0.1, 0.15) is 31.9 Å². The monoisotopic (exact) mass is 491 g/mol. The van der Waals surface area contributed by atoms with E-state index in [4.69, 9.17) is 4.98 Å². The number of aromatic amines is 2. The SMILES string of the molecule is CCCCC(=O)Nc1cncc(-c2ccc3[nH]nc(-c4cc5c(-n6cnc(C)c6)cncc5[nH]4)c3n2)c1. The van der Waals surface area contributed by atoms with Gasteiger partial charge < -0.3 is 14.9 Å². The number of rotatable bonds is 7. The molecule has 0 aliphatic carbocycles. The number of nitrogens with one attached hydrogen (secondary N) is 3. The first-order chi connectivity index (χ1) is 18.1. The highest BCUT2D eigenvalue weighted by Gasteiger charge is 2.16. The number of fused-ring (bicyclic) bond motifs is 2. The molecule has 6 heterocycles. The summed E-state index contributed by atoms with van der Waals surface area (Å²) in [5, 5.41) is 11.6. The Labute approximate surface area is 212 Å². The summed E-state index contributed by atoms with van der Waals surface area (Å²) in [6, 6.07) is 7.81. The van der Waals surface area contributed by atoms with Crippen LogP contribution >= 0.6 is 0 Å². The van der Waals surface area contributed by atoms with Crippen LogP contribution in [0.2, 0.25) is 0 Å². The predicted octanol–water partition coefficient (Wildman–Crippen LogP) is 5.19. The van der Waals surface area contributed by atoms with Gasteiger partial charge in [0.1, 0.15) is 11.2 Å². The lowest BCUT2D eigenvalue weighted by molar-refractivity contribution is -0.116. The molecule has 0 aliphatic heterocycles. The van der Waals surface area contributed by atoms with Crippen LogP contribution in [-0.4, -0.2) is 45.6 Å². The molecule has 0 aromatic carbocycles. The fourth-order valence-electron chi connectivity index (χ4n) is 4.38. The van der Waals surface area contributed by atoms with Gasteiger partial charge in [0, 0.05) is 29.8 Å². The third-order valence-electron chi connectivity index (χ3n) is 6.25. The first-order valence-corrected chi connectivity index (χ1v) is 12.2. The number of nitrogens with zero attached hydrogens (tertiary/aromatic N) is 6.